The van der Waals surface area contributed by atoms with Crippen LogP contribution >= 0.6 is 0 Å². The van der Waals surface area contributed by atoms with Crippen molar-refractivity contribution < 1.29 is 0 Å². The molecule has 0 radical (unpaired) electrons. The number of nitrogens with one attached hydrogen (secondary N) is 2. The van der Waals surface area contributed by atoms with E-state index in [0.717, 1.165) is 12.5 Å². The predicted molar refractivity (Wildman–Crippen MR) is 61.5 cm³/mol. The maximum absolute atomic E-state index is 4.03. The zero-order valence-corrected chi connectivity index (χ0v) is 9.50. The second-order valence-corrected chi connectivity index (χ2v) is 4.68. The van der Waals surface area contributed by atoms with Crippen LogP contribution in [-0.4, -0.2) is 16.0 Å². The Bertz CT molecular complexity index is 268. The summed E-state index contributed by atoms with van der Waals surface area (Å²) in [4.78, 5) is 7.16. The summed E-state index contributed by atoms with van der Waals surface area (Å²) in [5.74, 6) is 0.815. The van der Waals surface area contributed by atoms with Crippen molar-refractivity contribution >= 4 is 0 Å². The number of aromatic amines is 1. The molecule has 2 atom stereocenters. The maximum atomic E-state index is 4.03. The van der Waals surface area contributed by atoms with Gasteiger partial charge >= 0.3 is 0 Å². The van der Waals surface area contributed by atoms with E-state index < -0.39 is 0 Å². The lowest BCUT2D eigenvalue weighted by molar-refractivity contribution is 0.355. The van der Waals surface area contributed by atoms with Gasteiger partial charge in [0.25, 0.3) is 0 Å². The highest BCUT2D eigenvalue weighted by Crippen LogP contribution is 2.23. The minimum atomic E-state index is 0.691. The fourth-order valence-electron chi connectivity index (χ4n) is 2.42. The molecular formula is C12H21N3. The third-order valence-electron chi connectivity index (χ3n) is 3.47. The van der Waals surface area contributed by atoms with E-state index in [9.17, 15) is 0 Å². The van der Waals surface area contributed by atoms with Crippen molar-refractivity contribution in [3.63, 3.8) is 0 Å². The van der Waals surface area contributed by atoms with E-state index in [4.69, 9.17) is 0 Å². The molecule has 2 unspecified atom stereocenters. The molecule has 1 aromatic rings. The zero-order chi connectivity index (χ0) is 10.5. The summed E-state index contributed by atoms with van der Waals surface area (Å²) in [6, 6.07) is 0.691. The van der Waals surface area contributed by atoms with Gasteiger partial charge in [0.15, 0.2) is 0 Å². The van der Waals surface area contributed by atoms with Crippen LogP contribution in [0.5, 0.6) is 0 Å². The van der Waals surface area contributed by atoms with Crippen molar-refractivity contribution in [1.82, 2.24) is 15.3 Å². The zero-order valence-electron chi connectivity index (χ0n) is 9.50. The van der Waals surface area contributed by atoms with Crippen LogP contribution in [0.1, 0.15) is 44.7 Å². The van der Waals surface area contributed by atoms with Gasteiger partial charge in [-0.05, 0) is 18.8 Å². The SMILES string of the molecule is CC1CCCCCC1NCc1cnc[nH]1. The van der Waals surface area contributed by atoms with Gasteiger partial charge in [0, 0.05) is 24.5 Å². The van der Waals surface area contributed by atoms with Crippen LogP contribution in [0.3, 0.4) is 0 Å². The second-order valence-electron chi connectivity index (χ2n) is 4.68. The van der Waals surface area contributed by atoms with Crippen molar-refractivity contribution in [3.05, 3.63) is 18.2 Å². The van der Waals surface area contributed by atoms with Gasteiger partial charge in [0.1, 0.15) is 0 Å². The fourth-order valence-corrected chi connectivity index (χ4v) is 2.42. The van der Waals surface area contributed by atoms with E-state index in [1.54, 1.807) is 6.33 Å². The monoisotopic (exact) mass is 207 g/mol. The first-order chi connectivity index (χ1) is 7.36. The van der Waals surface area contributed by atoms with E-state index in [1.165, 1.54) is 37.8 Å². The van der Waals surface area contributed by atoms with Crippen LogP contribution in [0.2, 0.25) is 0 Å². The molecule has 0 spiro atoms. The highest BCUT2D eigenvalue weighted by atomic mass is 15.0. The molecule has 1 aliphatic carbocycles. The molecule has 84 valence electrons. The standard InChI is InChI=1S/C12H21N3/c1-10-5-3-2-4-6-12(10)14-8-11-7-13-9-15-11/h7,9-10,12,14H,2-6,8H2,1H3,(H,13,15). The molecule has 1 heterocycles. The van der Waals surface area contributed by atoms with E-state index in [-0.39, 0.29) is 0 Å². The van der Waals surface area contributed by atoms with Gasteiger partial charge in [0.2, 0.25) is 0 Å². The predicted octanol–water partition coefficient (Wildman–Crippen LogP) is 2.47. The smallest absolute Gasteiger partial charge is 0.0922 e. The van der Waals surface area contributed by atoms with E-state index in [0.29, 0.717) is 6.04 Å². The molecule has 1 aliphatic rings. The quantitative estimate of drug-likeness (QED) is 0.747. The number of aromatic nitrogens is 2. The number of H-pyrrole nitrogens is 1. The van der Waals surface area contributed by atoms with Gasteiger partial charge in [-0.25, -0.2) is 4.98 Å². The van der Waals surface area contributed by atoms with Crippen molar-refractivity contribution in [2.75, 3.05) is 0 Å². The Hall–Kier alpha value is -0.830. The Labute approximate surface area is 91.7 Å². The molecule has 3 nitrogen and oxygen atoms in total. The molecular weight excluding hydrogens is 186 g/mol. The van der Waals surface area contributed by atoms with E-state index >= 15 is 0 Å². The molecule has 2 N–H and O–H groups in total. The summed E-state index contributed by atoms with van der Waals surface area (Å²) in [6.07, 6.45) is 10.5. The van der Waals surface area contributed by atoms with Crippen LogP contribution in [0.25, 0.3) is 0 Å². The van der Waals surface area contributed by atoms with Crippen molar-refractivity contribution in [2.24, 2.45) is 5.92 Å². The van der Waals surface area contributed by atoms with Gasteiger partial charge in [-0.15, -0.1) is 0 Å². The molecule has 1 aromatic heterocycles. The van der Waals surface area contributed by atoms with Gasteiger partial charge in [-0.2, -0.15) is 0 Å². The van der Waals surface area contributed by atoms with Gasteiger partial charge in [0.05, 0.1) is 6.33 Å². The summed E-state index contributed by atoms with van der Waals surface area (Å²) in [6.45, 7) is 3.30. The second kappa shape index (κ2) is 5.31. The number of imidazole rings is 1. The number of hydrogen-bond donors (Lipinski definition) is 2. The lowest BCUT2D eigenvalue weighted by Crippen LogP contribution is -2.33. The molecule has 0 amide bonds. The molecule has 0 bridgehead atoms. The van der Waals surface area contributed by atoms with Crippen molar-refractivity contribution in [1.29, 1.82) is 0 Å². The molecule has 1 saturated carbocycles. The van der Waals surface area contributed by atoms with Crippen LogP contribution in [-0.2, 0) is 6.54 Å². The van der Waals surface area contributed by atoms with Crippen molar-refractivity contribution in [2.45, 2.75) is 51.6 Å². The number of rotatable bonds is 3. The largest absolute Gasteiger partial charge is 0.347 e. The Balaban J connectivity index is 1.81. The summed E-state index contributed by atoms with van der Waals surface area (Å²) in [5.41, 5.74) is 1.19. The Morgan fingerprint density at radius 3 is 3.07 bits per heavy atom. The maximum Gasteiger partial charge on any atom is 0.0922 e. The van der Waals surface area contributed by atoms with E-state index in [2.05, 4.69) is 22.2 Å². The average Bonchev–Trinajstić information content (AvgIpc) is 2.67. The normalized spacial score (nSPS) is 27.5. The Kier molecular flexibility index (Phi) is 3.78. The highest BCUT2D eigenvalue weighted by molar-refractivity contribution is 4.94. The Morgan fingerprint density at radius 1 is 1.40 bits per heavy atom. The van der Waals surface area contributed by atoms with Crippen LogP contribution < -0.4 is 5.32 Å². The lowest BCUT2D eigenvalue weighted by Gasteiger charge is -2.22. The Morgan fingerprint density at radius 2 is 2.27 bits per heavy atom. The molecule has 0 aromatic carbocycles. The summed E-state index contributed by atoms with van der Waals surface area (Å²) in [5, 5.41) is 3.64. The molecule has 0 saturated heterocycles. The number of hydrogen-bond acceptors (Lipinski definition) is 2. The molecule has 1 fully saturated rings. The van der Waals surface area contributed by atoms with Crippen LogP contribution in [0.15, 0.2) is 12.5 Å². The summed E-state index contributed by atoms with van der Waals surface area (Å²) in [7, 11) is 0. The minimum absolute atomic E-state index is 0.691. The first-order valence-electron chi connectivity index (χ1n) is 6.07. The molecule has 3 heteroatoms. The fraction of sp³-hybridized carbons (Fsp3) is 0.750. The molecule has 0 aliphatic heterocycles. The highest BCUT2D eigenvalue weighted by Gasteiger charge is 2.18. The first kappa shape index (κ1) is 10.7. The van der Waals surface area contributed by atoms with Crippen molar-refractivity contribution in [3.8, 4) is 0 Å². The van der Waals surface area contributed by atoms with E-state index in [1.807, 2.05) is 6.20 Å². The number of nitrogens with zero attached hydrogens (tertiary/aromatic N) is 1. The lowest BCUT2D eigenvalue weighted by atomic mass is 9.97. The third-order valence-corrected chi connectivity index (χ3v) is 3.47. The average molecular weight is 207 g/mol. The first-order valence-corrected chi connectivity index (χ1v) is 6.07. The van der Waals surface area contributed by atoms with Gasteiger partial charge < -0.3 is 10.3 Å². The summed E-state index contributed by atoms with van der Waals surface area (Å²) < 4.78 is 0. The molecule has 2 rings (SSSR count). The third kappa shape index (κ3) is 3.06. The van der Waals surface area contributed by atoms with Crippen LogP contribution in [0.4, 0.5) is 0 Å². The topological polar surface area (TPSA) is 40.7 Å². The van der Waals surface area contributed by atoms with Crippen LogP contribution in [0, 0.1) is 5.92 Å². The van der Waals surface area contributed by atoms with Gasteiger partial charge in [-0.1, -0.05) is 26.2 Å². The minimum Gasteiger partial charge on any atom is -0.347 e. The molecule has 15 heavy (non-hydrogen) atoms. The van der Waals surface area contributed by atoms with Gasteiger partial charge in [-0.3, -0.25) is 0 Å². The summed E-state index contributed by atoms with van der Waals surface area (Å²) >= 11 is 0.